The lowest BCUT2D eigenvalue weighted by molar-refractivity contribution is -0.231. The van der Waals surface area contributed by atoms with E-state index in [1.807, 2.05) is 0 Å². The molecule has 4 rings (SSSR count). The molecule has 0 aromatic carbocycles. The van der Waals surface area contributed by atoms with Gasteiger partial charge in [-0.1, -0.05) is 26.8 Å². The molecule has 0 radical (unpaired) electrons. The van der Waals surface area contributed by atoms with Gasteiger partial charge in [-0.25, -0.2) is 17.6 Å². The Balaban J connectivity index is 1.88. The molecule has 0 aliphatic heterocycles. The molecule has 0 aromatic heterocycles. The van der Waals surface area contributed by atoms with Crippen LogP contribution in [0.3, 0.4) is 0 Å². The van der Waals surface area contributed by atoms with E-state index in [-0.39, 0.29) is 19.3 Å². The van der Waals surface area contributed by atoms with Crippen molar-refractivity contribution in [2.75, 3.05) is 6.67 Å². The van der Waals surface area contributed by atoms with E-state index >= 15 is 8.78 Å². The summed E-state index contributed by atoms with van der Waals surface area (Å²) in [5, 5.41) is 11.3. The Morgan fingerprint density at radius 2 is 1.89 bits per heavy atom. The van der Waals surface area contributed by atoms with Gasteiger partial charge in [-0.3, -0.25) is 14.4 Å². The van der Waals surface area contributed by atoms with Gasteiger partial charge in [-0.15, -0.1) is 0 Å². The molecule has 3 unspecified atom stereocenters. The maximum absolute atomic E-state index is 17.2. The summed E-state index contributed by atoms with van der Waals surface area (Å²) >= 11 is 0. The van der Waals surface area contributed by atoms with Gasteiger partial charge in [0, 0.05) is 34.7 Å². The molecule has 1 N–H and O–H groups in total. The fourth-order valence-corrected chi connectivity index (χ4v) is 8.02. The number of ether oxygens (including phenoxy) is 1. The monoisotopic (exact) mass is 500 g/mol. The Morgan fingerprint density at radius 1 is 1.23 bits per heavy atom. The summed E-state index contributed by atoms with van der Waals surface area (Å²) in [7, 11) is 0. The third-order valence-corrected chi connectivity index (χ3v) is 9.51. The summed E-state index contributed by atoms with van der Waals surface area (Å²) in [6.07, 6.45) is -2.21. The van der Waals surface area contributed by atoms with E-state index in [4.69, 9.17) is 4.74 Å². The normalized spacial score (nSPS) is 46.7. The summed E-state index contributed by atoms with van der Waals surface area (Å²) < 4.78 is 67.2. The Labute approximate surface area is 202 Å². The minimum Gasteiger partial charge on any atom is -0.450 e. The zero-order chi connectivity index (χ0) is 26.1. The lowest BCUT2D eigenvalue weighted by atomic mass is 9.44. The second-order valence-corrected chi connectivity index (χ2v) is 11.1. The van der Waals surface area contributed by atoms with Gasteiger partial charge < -0.3 is 9.84 Å². The number of hydrogen-bond donors (Lipinski definition) is 1. The SMILES string of the molecule is CCCC(=O)O[C@]1(C(=O)CF)C(C)C[C@H]2[C@@H]3CC(F)C4=C(F)C(=O)C=C[C@]4(C)[C@@]3(F)C(O)C[C@@]21C. The van der Waals surface area contributed by atoms with Crippen molar-refractivity contribution >= 4 is 17.5 Å². The van der Waals surface area contributed by atoms with Gasteiger partial charge in [0.25, 0.3) is 0 Å². The molecule has 0 heterocycles. The highest BCUT2D eigenvalue weighted by Gasteiger charge is 2.78. The van der Waals surface area contributed by atoms with E-state index in [0.717, 1.165) is 12.2 Å². The lowest BCUT2D eigenvalue weighted by Crippen LogP contribution is -2.71. The second kappa shape index (κ2) is 8.25. The molecule has 4 aliphatic carbocycles. The number of ketones is 2. The zero-order valence-corrected chi connectivity index (χ0v) is 20.4. The van der Waals surface area contributed by atoms with Gasteiger partial charge in [0.1, 0.15) is 6.17 Å². The Bertz CT molecular complexity index is 1030. The molecule has 9 heteroatoms. The van der Waals surface area contributed by atoms with Crippen molar-refractivity contribution in [3.8, 4) is 0 Å². The molecule has 4 aliphatic rings. The van der Waals surface area contributed by atoms with Crippen LogP contribution < -0.4 is 0 Å². The van der Waals surface area contributed by atoms with E-state index in [0.29, 0.717) is 6.42 Å². The topological polar surface area (TPSA) is 80.7 Å². The average molecular weight is 501 g/mol. The highest BCUT2D eigenvalue weighted by atomic mass is 19.2. The van der Waals surface area contributed by atoms with Crippen molar-refractivity contribution in [1.29, 1.82) is 0 Å². The van der Waals surface area contributed by atoms with Gasteiger partial charge in [0.15, 0.2) is 23.8 Å². The van der Waals surface area contributed by atoms with Crippen LogP contribution in [0.1, 0.15) is 59.8 Å². The van der Waals surface area contributed by atoms with Gasteiger partial charge >= 0.3 is 5.97 Å². The first-order valence-corrected chi connectivity index (χ1v) is 12.2. The summed E-state index contributed by atoms with van der Waals surface area (Å²) in [6, 6.07) is 0. The molecular formula is C26H32F4O5. The Morgan fingerprint density at radius 3 is 2.49 bits per heavy atom. The van der Waals surface area contributed by atoms with Crippen molar-refractivity contribution in [2.24, 2.45) is 28.6 Å². The highest BCUT2D eigenvalue weighted by molar-refractivity contribution is 6.04. The molecule has 5 nitrogen and oxygen atoms in total. The number of fused-ring (bicyclic) bond motifs is 5. The average Bonchev–Trinajstić information content (AvgIpc) is 3.00. The van der Waals surface area contributed by atoms with E-state index < -0.39 is 94.2 Å². The van der Waals surface area contributed by atoms with E-state index in [2.05, 4.69) is 0 Å². The van der Waals surface area contributed by atoms with E-state index in [1.165, 1.54) is 6.92 Å². The molecular weight excluding hydrogens is 468 g/mol. The number of Topliss-reactive ketones (excluding diaryl/α,β-unsaturated/α-hetero) is 1. The van der Waals surface area contributed by atoms with Crippen molar-refractivity contribution in [3.63, 3.8) is 0 Å². The number of carbonyl (C=O) groups excluding carboxylic acids is 3. The summed E-state index contributed by atoms with van der Waals surface area (Å²) in [6.45, 7) is 4.78. The minimum absolute atomic E-state index is 0.00923. The van der Waals surface area contributed by atoms with Crippen molar-refractivity contribution in [1.82, 2.24) is 0 Å². The largest absolute Gasteiger partial charge is 0.450 e. The summed E-state index contributed by atoms with van der Waals surface area (Å²) in [5.74, 6) is -6.77. The predicted octanol–water partition coefficient (Wildman–Crippen LogP) is 4.47. The molecule has 0 bridgehead atoms. The minimum atomic E-state index is -2.56. The maximum Gasteiger partial charge on any atom is 0.306 e. The molecule has 194 valence electrons. The smallest absolute Gasteiger partial charge is 0.306 e. The summed E-state index contributed by atoms with van der Waals surface area (Å²) in [5.41, 5.74) is -8.45. The number of halogens is 4. The number of alkyl halides is 3. The van der Waals surface area contributed by atoms with Crippen LogP contribution in [-0.2, 0) is 19.1 Å². The van der Waals surface area contributed by atoms with E-state index in [9.17, 15) is 28.3 Å². The maximum atomic E-state index is 17.2. The molecule has 3 saturated carbocycles. The molecule has 3 fully saturated rings. The van der Waals surface area contributed by atoms with Crippen LogP contribution in [0, 0.1) is 28.6 Å². The first-order valence-electron chi connectivity index (χ1n) is 12.2. The molecule has 0 amide bonds. The van der Waals surface area contributed by atoms with Crippen LogP contribution in [0.2, 0.25) is 0 Å². The van der Waals surface area contributed by atoms with Crippen molar-refractivity contribution in [2.45, 2.75) is 83.3 Å². The third-order valence-electron chi connectivity index (χ3n) is 9.51. The molecule has 35 heavy (non-hydrogen) atoms. The van der Waals surface area contributed by atoms with E-state index in [1.54, 1.807) is 20.8 Å². The predicted molar refractivity (Wildman–Crippen MR) is 118 cm³/mol. The Hall–Kier alpha value is -2.03. The molecule has 0 spiro atoms. The quantitative estimate of drug-likeness (QED) is 0.445. The first-order chi connectivity index (χ1) is 16.3. The van der Waals surface area contributed by atoms with Crippen molar-refractivity contribution < 1.29 is 41.8 Å². The number of carbonyl (C=O) groups is 3. The summed E-state index contributed by atoms with van der Waals surface area (Å²) in [4.78, 5) is 37.6. The standard InChI is InChI=1S/C26H32F4O5/c1-5-6-20(34)35-26(19(33)12-27)13(2)9-14-15-10-16(28)21-22(29)17(31)7-8-23(21,3)25(15,30)18(32)11-24(14,26)4/h7-8,13-16,18,32H,5-6,9-12H2,1-4H3/t13?,14-,15-,16?,18?,23-,24-,25-,26-/m0/s1. The lowest BCUT2D eigenvalue weighted by Gasteiger charge is -2.63. The van der Waals surface area contributed by atoms with Gasteiger partial charge in [0.05, 0.1) is 6.10 Å². The van der Waals surface area contributed by atoms with Gasteiger partial charge in [0.2, 0.25) is 11.6 Å². The number of aliphatic hydroxyl groups is 1. The van der Waals surface area contributed by atoms with Crippen LogP contribution in [0.15, 0.2) is 23.6 Å². The first kappa shape index (κ1) is 26.0. The molecule has 0 saturated heterocycles. The van der Waals surface area contributed by atoms with Gasteiger partial charge in [-0.2, -0.15) is 0 Å². The number of hydrogen-bond acceptors (Lipinski definition) is 5. The van der Waals surface area contributed by atoms with Crippen LogP contribution in [-0.4, -0.2) is 52.9 Å². The van der Waals surface area contributed by atoms with Crippen LogP contribution in [0.4, 0.5) is 17.6 Å². The number of aliphatic hydroxyl groups excluding tert-OH is 1. The second-order valence-electron chi connectivity index (χ2n) is 11.1. The fraction of sp³-hybridized carbons (Fsp3) is 0.731. The van der Waals surface area contributed by atoms with Crippen molar-refractivity contribution in [3.05, 3.63) is 23.6 Å². The Kier molecular flexibility index (Phi) is 6.14. The molecule has 0 aromatic rings. The number of esters is 1. The van der Waals surface area contributed by atoms with Crippen LogP contribution in [0.25, 0.3) is 0 Å². The number of rotatable bonds is 5. The highest BCUT2D eigenvalue weighted by Crippen LogP contribution is 2.72. The zero-order valence-electron chi connectivity index (χ0n) is 20.4. The fourth-order valence-electron chi connectivity index (χ4n) is 8.02. The number of allylic oxidation sites excluding steroid dienone is 4. The van der Waals surface area contributed by atoms with Crippen LogP contribution >= 0.6 is 0 Å². The third kappa shape index (κ3) is 3.05. The van der Waals surface area contributed by atoms with Crippen LogP contribution in [0.5, 0.6) is 0 Å². The molecule has 9 atom stereocenters. The van der Waals surface area contributed by atoms with Gasteiger partial charge in [-0.05, 0) is 44.6 Å².